The summed E-state index contributed by atoms with van der Waals surface area (Å²) in [5.74, 6) is 1.39. The Bertz CT molecular complexity index is 1520. The van der Waals surface area contributed by atoms with Crippen molar-refractivity contribution in [3.8, 4) is 22.4 Å². The lowest BCUT2D eigenvalue weighted by Gasteiger charge is -2.23. The van der Waals surface area contributed by atoms with E-state index in [0.717, 1.165) is 77.5 Å². The van der Waals surface area contributed by atoms with Crippen LogP contribution in [0.5, 0.6) is 0 Å². The predicted octanol–water partition coefficient (Wildman–Crippen LogP) is 4.77. The van der Waals surface area contributed by atoms with E-state index in [-0.39, 0.29) is 11.9 Å². The summed E-state index contributed by atoms with van der Waals surface area (Å²) in [6.45, 7) is 11.4. The van der Waals surface area contributed by atoms with E-state index < -0.39 is 0 Å². The van der Waals surface area contributed by atoms with Gasteiger partial charge in [0.05, 0.1) is 17.9 Å². The molecule has 2 unspecified atom stereocenters. The van der Waals surface area contributed by atoms with E-state index >= 15 is 0 Å². The van der Waals surface area contributed by atoms with Crippen molar-refractivity contribution in [2.45, 2.75) is 33.4 Å². The largest absolute Gasteiger partial charge is 0.371 e. The van der Waals surface area contributed by atoms with Gasteiger partial charge in [0, 0.05) is 74.5 Å². The number of hydrogen-bond donors (Lipinski definition) is 1. The molecule has 40 heavy (non-hydrogen) atoms. The number of anilines is 1. The first-order valence-corrected chi connectivity index (χ1v) is 14.3. The summed E-state index contributed by atoms with van der Waals surface area (Å²) in [6.07, 6.45) is 5.88. The van der Waals surface area contributed by atoms with Gasteiger partial charge in [0.2, 0.25) is 0 Å². The van der Waals surface area contributed by atoms with Crippen molar-refractivity contribution in [2.75, 3.05) is 38.1 Å². The molecule has 0 spiro atoms. The average molecular weight is 538 g/mol. The molecule has 0 bridgehead atoms. The SMILES string of the molecule is CCn1ccc(-c2cc(-c3cnn(C)c3)cc([C@@H](C)NC(=O)c3cc(N4CC5CN(C)CC5C4)ccc3C)c2)n1. The minimum absolute atomic E-state index is 0.0467. The number of carbonyl (C=O) groups is 1. The molecule has 1 amide bonds. The van der Waals surface area contributed by atoms with E-state index in [1.807, 2.05) is 50.2 Å². The maximum absolute atomic E-state index is 13.6. The number of nitrogens with zero attached hydrogens (tertiary/aromatic N) is 6. The highest BCUT2D eigenvalue weighted by Gasteiger charge is 2.38. The van der Waals surface area contributed by atoms with E-state index in [2.05, 4.69) is 70.6 Å². The van der Waals surface area contributed by atoms with Crippen molar-refractivity contribution in [3.05, 3.63) is 77.7 Å². The Morgan fingerprint density at radius 2 is 1.75 bits per heavy atom. The maximum Gasteiger partial charge on any atom is 0.252 e. The Morgan fingerprint density at radius 3 is 2.42 bits per heavy atom. The average Bonchev–Trinajstić information content (AvgIpc) is 3.73. The number of amides is 1. The van der Waals surface area contributed by atoms with Gasteiger partial charge in [-0.1, -0.05) is 6.07 Å². The van der Waals surface area contributed by atoms with Crippen molar-refractivity contribution < 1.29 is 4.79 Å². The maximum atomic E-state index is 13.6. The van der Waals surface area contributed by atoms with Crippen molar-refractivity contribution in [1.29, 1.82) is 0 Å². The Balaban J connectivity index is 1.25. The second-order valence-electron chi connectivity index (χ2n) is 11.6. The highest BCUT2D eigenvalue weighted by molar-refractivity contribution is 5.97. The van der Waals surface area contributed by atoms with Crippen LogP contribution in [0.15, 0.2) is 61.1 Å². The zero-order chi connectivity index (χ0) is 28.0. The third-order valence-electron chi connectivity index (χ3n) is 8.60. The third-order valence-corrected chi connectivity index (χ3v) is 8.60. The molecule has 2 aromatic heterocycles. The minimum Gasteiger partial charge on any atom is -0.371 e. The van der Waals surface area contributed by atoms with Gasteiger partial charge in [0.1, 0.15) is 0 Å². The molecule has 208 valence electrons. The van der Waals surface area contributed by atoms with Gasteiger partial charge in [-0.15, -0.1) is 0 Å². The lowest BCUT2D eigenvalue weighted by Crippen LogP contribution is -2.29. The monoisotopic (exact) mass is 537 g/mol. The van der Waals surface area contributed by atoms with Crippen LogP contribution in [0.4, 0.5) is 5.69 Å². The van der Waals surface area contributed by atoms with Crippen molar-refractivity contribution in [2.24, 2.45) is 18.9 Å². The molecule has 2 aromatic carbocycles. The standard InChI is InChI=1S/C32H39N7O/c1-6-39-10-9-31(35-39)25-12-23(11-24(13-25)26-15-33-37(5)18-26)22(3)34-32(40)30-14-29(8-7-21(30)2)38-19-27-16-36(4)17-28(27)20-38/h7-15,18,22,27-28H,6,16-17,19-20H2,1-5H3,(H,34,40)/t22-,27?,28?/m1/s1. The van der Waals surface area contributed by atoms with Gasteiger partial charge in [0.25, 0.3) is 5.91 Å². The van der Waals surface area contributed by atoms with Crippen molar-refractivity contribution in [1.82, 2.24) is 29.8 Å². The number of aromatic nitrogens is 4. The number of likely N-dealkylation sites (tertiary alicyclic amines) is 1. The summed E-state index contributed by atoms with van der Waals surface area (Å²) in [7, 11) is 4.13. The van der Waals surface area contributed by atoms with Gasteiger partial charge in [0.15, 0.2) is 0 Å². The summed E-state index contributed by atoms with van der Waals surface area (Å²) < 4.78 is 3.73. The summed E-state index contributed by atoms with van der Waals surface area (Å²) in [6, 6.07) is 14.6. The molecule has 4 aromatic rings. The molecule has 8 heteroatoms. The second-order valence-corrected chi connectivity index (χ2v) is 11.6. The van der Waals surface area contributed by atoms with Gasteiger partial charge in [-0.25, -0.2) is 0 Å². The molecule has 6 rings (SSSR count). The van der Waals surface area contributed by atoms with Crippen LogP contribution in [-0.2, 0) is 13.6 Å². The van der Waals surface area contributed by atoms with E-state index in [0.29, 0.717) is 11.8 Å². The molecular formula is C32H39N7O. The lowest BCUT2D eigenvalue weighted by atomic mass is 9.96. The van der Waals surface area contributed by atoms with Crippen LogP contribution in [-0.4, -0.2) is 63.6 Å². The topological polar surface area (TPSA) is 71.2 Å². The van der Waals surface area contributed by atoms with E-state index in [4.69, 9.17) is 5.10 Å². The Hall–Kier alpha value is -3.91. The molecule has 0 aliphatic carbocycles. The fourth-order valence-electron chi connectivity index (χ4n) is 6.33. The summed E-state index contributed by atoms with van der Waals surface area (Å²) in [5, 5.41) is 12.4. The third kappa shape index (κ3) is 5.16. The summed E-state index contributed by atoms with van der Waals surface area (Å²) in [4.78, 5) is 18.5. The highest BCUT2D eigenvalue weighted by Crippen LogP contribution is 2.34. The molecule has 8 nitrogen and oxygen atoms in total. The summed E-state index contributed by atoms with van der Waals surface area (Å²) >= 11 is 0. The minimum atomic E-state index is -0.194. The Kier molecular flexibility index (Phi) is 6.96. The van der Waals surface area contributed by atoms with Crippen LogP contribution >= 0.6 is 0 Å². The lowest BCUT2D eigenvalue weighted by molar-refractivity contribution is 0.0939. The number of hydrogen-bond acceptors (Lipinski definition) is 5. The fourth-order valence-corrected chi connectivity index (χ4v) is 6.33. The first-order valence-electron chi connectivity index (χ1n) is 14.3. The van der Waals surface area contributed by atoms with Crippen LogP contribution in [0.25, 0.3) is 22.4 Å². The normalized spacial score (nSPS) is 19.7. The zero-order valence-corrected chi connectivity index (χ0v) is 24.1. The molecule has 3 atom stereocenters. The summed E-state index contributed by atoms with van der Waals surface area (Å²) in [5.41, 5.74) is 7.92. The predicted molar refractivity (Wildman–Crippen MR) is 159 cm³/mol. The van der Waals surface area contributed by atoms with Crippen molar-refractivity contribution in [3.63, 3.8) is 0 Å². The molecule has 2 aliphatic heterocycles. The number of fused-ring (bicyclic) bond motifs is 1. The van der Waals surface area contributed by atoms with Gasteiger partial charge in [-0.2, -0.15) is 10.2 Å². The van der Waals surface area contributed by atoms with Gasteiger partial charge >= 0.3 is 0 Å². The van der Waals surface area contributed by atoms with Crippen LogP contribution in [0.2, 0.25) is 0 Å². The van der Waals surface area contributed by atoms with E-state index in [1.54, 1.807) is 4.68 Å². The molecule has 0 saturated carbocycles. The first-order chi connectivity index (χ1) is 19.3. The quantitative estimate of drug-likeness (QED) is 0.368. The Labute approximate surface area is 236 Å². The van der Waals surface area contributed by atoms with Crippen LogP contribution < -0.4 is 10.2 Å². The fraction of sp³-hybridized carbons (Fsp3) is 0.406. The number of carbonyl (C=O) groups excluding carboxylic acids is 1. The van der Waals surface area contributed by atoms with Gasteiger partial charge in [-0.3, -0.25) is 14.2 Å². The molecule has 2 fully saturated rings. The molecule has 2 aliphatic rings. The van der Waals surface area contributed by atoms with Crippen LogP contribution in [0, 0.1) is 18.8 Å². The molecule has 1 N–H and O–H groups in total. The number of benzene rings is 2. The highest BCUT2D eigenvalue weighted by atomic mass is 16.1. The van der Waals surface area contributed by atoms with Gasteiger partial charge in [-0.05, 0) is 92.7 Å². The number of nitrogens with one attached hydrogen (secondary N) is 1. The number of rotatable bonds is 7. The first kappa shape index (κ1) is 26.3. The second kappa shape index (κ2) is 10.6. The Morgan fingerprint density at radius 1 is 1.00 bits per heavy atom. The van der Waals surface area contributed by atoms with Gasteiger partial charge < -0.3 is 15.1 Å². The van der Waals surface area contributed by atoms with Crippen LogP contribution in [0.3, 0.4) is 0 Å². The zero-order valence-electron chi connectivity index (χ0n) is 24.1. The molecular weight excluding hydrogens is 498 g/mol. The van der Waals surface area contributed by atoms with Crippen molar-refractivity contribution >= 4 is 11.6 Å². The van der Waals surface area contributed by atoms with Crippen LogP contribution in [0.1, 0.15) is 41.4 Å². The molecule has 0 radical (unpaired) electrons. The smallest absolute Gasteiger partial charge is 0.252 e. The number of aryl methyl sites for hydroxylation is 3. The molecule has 4 heterocycles. The van der Waals surface area contributed by atoms with E-state index in [1.165, 1.54) is 0 Å². The van der Waals surface area contributed by atoms with E-state index in [9.17, 15) is 4.79 Å². The molecule has 2 saturated heterocycles.